The molecule has 0 saturated carbocycles. The van der Waals surface area contributed by atoms with Crippen LogP contribution in [0.3, 0.4) is 0 Å². The molecular weight excluding hydrogens is 344 g/mol. The summed E-state index contributed by atoms with van der Waals surface area (Å²) in [5.41, 5.74) is 14.0. The summed E-state index contributed by atoms with van der Waals surface area (Å²) in [6.07, 6.45) is 0.645. The van der Waals surface area contributed by atoms with Gasteiger partial charge in [0.15, 0.2) is 0 Å². The van der Waals surface area contributed by atoms with Gasteiger partial charge in [-0.05, 0) is 31.2 Å². The highest BCUT2D eigenvalue weighted by Crippen LogP contribution is 2.37. The van der Waals surface area contributed by atoms with Crippen LogP contribution in [0.5, 0.6) is 5.88 Å². The minimum absolute atomic E-state index is 0.0770. The molecule has 3 rings (SSSR count). The van der Waals surface area contributed by atoms with Crippen molar-refractivity contribution in [1.82, 2.24) is 14.9 Å². The van der Waals surface area contributed by atoms with Crippen molar-refractivity contribution in [3.8, 4) is 5.88 Å². The summed E-state index contributed by atoms with van der Waals surface area (Å²) in [6, 6.07) is 7.86. The number of likely N-dealkylation sites (N-methyl/N-ethyl adjacent to an activating group) is 1. The van der Waals surface area contributed by atoms with Gasteiger partial charge in [-0.25, -0.2) is 0 Å². The van der Waals surface area contributed by atoms with Gasteiger partial charge in [-0.1, -0.05) is 19.1 Å². The van der Waals surface area contributed by atoms with Crippen LogP contribution in [-0.4, -0.2) is 39.5 Å². The van der Waals surface area contributed by atoms with E-state index < -0.39 is 5.60 Å². The van der Waals surface area contributed by atoms with Gasteiger partial charge in [0.05, 0.1) is 5.56 Å². The van der Waals surface area contributed by atoms with Gasteiger partial charge in [-0.15, -0.1) is 0 Å². The van der Waals surface area contributed by atoms with Gasteiger partial charge >= 0.3 is 0 Å². The number of hydrogen-bond donors (Lipinski definition) is 3. The molecule has 1 aliphatic rings. The highest BCUT2D eigenvalue weighted by molar-refractivity contribution is 5.88. The monoisotopic (exact) mass is 370 g/mol. The Morgan fingerprint density at radius 1 is 1.30 bits per heavy atom. The van der Waals surface area contributed by atoms with Gasteiger partial charge in [-0.2, -0.15) is 9.97 Å². The topological polar surface area (TPSA) is 119 Å². The number of ether oxygens (including phenoxy) is 1. The molecule has 0 bridgehead atoms. The Kier molecular flexibility index (Phi) is 5.18. The second-order valence-electron chi connectivity index (χ2n) is 7.16. The zero-order chi connectivity index (χ0) is 19.6. The minimum atomic E-state index is -0.439. The van der Waals surface area contributed by atoms with E-state index in [0.29, 0.717) is 24.7 Å². The molecule has 27 heavy (non-hydrogen) atoms. The number of anilines is 3. The number of nitrogens with one attached hydrogen (secondary N) is 1. The van der Waals surface area contributed by atoms with E-state index in [2.05, 4.69) is 27.1 Å². The van der Waals surface area contributed by atoms with Crippen LogP contribution in [-0.2, 0) is 17.8 Å². The zero-order valence-electron chi connectivity index (χ0n) is 16.0. The van der Waals surface area contributed by atoms with E-state index in [9.17, 15) is 4.79 Å². The number of nitrogen functional groups attached to an aromatic ring is 2. The molecule has 0 unspecified atom stereocenters. The van der Waals surface area contributed by atoms with Crippen molar-refractivity contribution in [3.63, 3.8) is 0 Å². The quantitative estimate of drug-likeness (QED) is 0.709. The molecule has 0 spiro atoms. The SMILES string of the molecule is CCN(Cc1ccc(NC(C)=O)cc1)C[C@]1(C)Cc2c(N)nc(N)nc2O1. The molecule has 2 aromatic rings. The molecule has 0 aliphatic carbocycles. The molecular formula is C19H26N6O2. The third-order valence-corrected chi connectivity index (χ3v) is 4.60. The summed E-state index contributed by atoms with van der Waals surface area (Å²) in [5.74, 6) is 0.921. The van der Waals surface area contributed by atoms with Crippen LogP contribution < -0.4 is 21.5 Å². The largest absolute Gasteiger partial charge is 0.469 e. The second kappa shape index (κ2) is 7.40. The molecule has 0 radical (unpaired) electrons. The van der Waals surface area contributed by atoms with Crippen molar-refractivity contribution >= 4 is 23.4 Å². The zero-order valence-corrected chi connectivity index (χ0v) is 16.0. The van der Waals surface area contributed by atoms with Gasteiger partial charge < -0.3 is 21.5 Å². The first-order chi connectivity index (χ1) is 12.8. The Labute approximate surface area is 158 Å². The van der Waals surface area contributed by atoms with Crippen molar-refractivity contribution < 1.29 is 9.53 Å². The van der Waals surface area contributed by atoms with Crippen molar-refractivity contribution in [2.45, 2.75) is 39.3 Å². The van der Waals surface area contributed by atoms with Crippen molar-refractivity contribution in [2.75, 3.05) is 29.9 Å². The number of fused-ring (bicyclic) bond motifs is 1. The fourth-order valence-corrected chi connectivity index (χ4v) is 3.39. The lowest BCUT2D eigenvalue weighted by Gasteiger charge is -2.31. The number of hydrogen-bond acceptors (Lipinski definition) is 7. The van der Waals surface area contributed by atoms with E-state index in [1.54, 1.807) is 0 Å². The molecule has 1 aromatic carbocycles. The first-order valence-electron chi connectivity index (χ1n) is 8.98. The fraction of sp³-hybridized carbons (Fsp3) is 0.421. The van der Waals surface area contributed by atoms with Crippen LogP contribution in [0.1, 0.15) is 31.9 Å². The van der Waals surface area contributed by atoms with E-state index in [1.807, 2.05) is 31.2 Å². The molecule has 1 aromatic heterocycles. The van der Waals surface area contributed by atoms with Crippen LogP contribution in [0, 0.1) is 0 Å². The summed E-state index contributed by atoms with van der Waals surface area (Å²) >= 11 is 0. The number of rotatable bonds is 6. The van der Waals surface area contributed by atoms with E-state index in [0.717, 1.165) is 29.9 Å². The number of aromatic nitrogens is 2. The predicted molar refractivity (Wildman–Crippen MR) is 105 cm³/mol. The fourth-order valence-electron chi connectivity index (χ4n) is 3.39. The average Bonchev–Trinajstić information content (AvgIpc) is 2.92. The molecule has 8 heteroatoms. The summed E-state index contributed by atoms with van der Waals surface area (Å²) < 4.78 is 6.09. The summed E-state index contributed by atoms with van der Waals surface area (Å²) in [5, 5.41) is 2.78. The summed E-state index contributed by atoms with van der Waals surface area (Å²) in [6.45, 7) is 8.02. The Hall–Kier alpha value is -2.87. The van der Waals surface area contributed by atoms with Crippen LogP contribution in [0.2, 0.25) is 0 Å². The van der Waals surface area contributed by atoms with E-state index in [-0.39, 0.29) is 11.9 Å². The maximum Gasteiger partial charge on any atom is 0.225 e. The molecule has 1 atom stereocenters. The number of nitrogens with zero attached hydrogens (tertiary/aromatic N) is 3. The van der Waals surface area contributed by atoms with Gasteiger partial charge in [0, 0.05) is 32.1 Å². The lowest BCUT2D eigenvalue weighted by atomic mass is 9.99. The molecule has 8 nitrogen and oxygen atoms in total. The van der Waals surface area contributed by atoms with Gasteiger partial charge in [0.25, 0.3) is 0 Å². The summed E-state index contributed by atoms with van der Waals surface area (Å²) in [7, 11) is 0. The number of carbonyl (C=O) groups excluding carboxylic acids is 1. The Morgan fingerprint density at radius 2 is 2.00 bits per heavy atom. The molecule has 0 saturated heterocycles. The third-order valence-electron chi connectivity index (χ3n) is 4.60. The maximum atomic E-state index is 11.1. The van der Waals surface area contributed by atoms with Crippen LogP contribution in [0.25, 0.3) is 0 Å². The lowest BCUT2D eigenvalue weighted by Crippen LogP contribution is -2.44. The van der Waals surface area contributed by atoms with Crippen molar-refractivity contribution in [2.24, 2.45) is 0 Å². The van der Waals surface area contributed by atoms with Gasteiger partial charge in [0.1, 0.15) is 11.4 Å². The number of benzene rings is 1. The first-order valence-corrected chi connectivity index (χ1v) is 8.98. The van der Waals surface area contributed by atoms with E-state index in [1.165, 1.54) is 6.92 Å². The number of nitrogens with two attached hydrogens (primary N) is 2. The van der Waals surface area contributed by atoms with Gasteiger partial charge in [0.2, 0.25) is 17.7 Å². The summed E-state index contributed by atoms with van der Waals surface area (Å²) in [4.78, 5) is 21.6. The normalized spacial score (nSPS) is 18.2. The Bertz CT molecular complexity index is 839. The first kappa shape index (κ1) is 18.9. The molecule has 0 fully saturated rings. The van der Waals surface area contributed by atoms with Gasteiger partial charge in [-0.3, -0.25) is 9.69 Å². The lowest BCUT2D eigenvalue weighted by molar-refractivity contribution is -0.114. The number of amides is 1. The molecule has 2 heterocycles. The highest BCUT2D eigenvalue weighted by atomic mass is 16.5. The molecule has 1 aliphatic heterocycles. The standard InChI is InChI=1S/C19H26N6O2/c1-4-25(10-13-5-7-14(8-6-13)22-12(2)26)11-19(3)9-15-16(20)23-18(21)24-17(15)27-19/h5-8H,4,9-11H2,1-3H3,(H,22,26)(H4,20,21,23,24)/t19-/m0/s1. The highest BCUT2D eigenvalue weighted by Gasteiger charge is 2.39. The van der Waals surface area contributed by atoms with Crippen LogP contribution in [0.15, 0.2) is 24.3 Å². The minimum Gasteiger partial charge on any atom is -0.469 e. The molecule has 144 valence electrons. The molecule has 1 amide bonds. The smallest absolute Gasteiger partial charge is 0.225 e. The Morgan fingerprint density at radius 3 is 2.63 bits per heavy atom. The maximum absolute atomic E-state index is 11.1. The number of carbonyl (C=O) groups is 1. The van der Waals surface area contributed by atoms with E-state index >= 15 is 0 Å². The average molecular weight is 370 g/mol. The predicted octanol–water partition coefficient (Wildman–Crippen LogP) is 1.82. The second-order valence-corrected chi connectivity index (χ2v) is 7.16. The third kappa shape index (κ3) is 4.46. The molecule has 5 N–H and O–H groups in total. The van der Waals surface area contributed by atoms with Crippen LogP contribution in [0.4, 0.5) is 17.5 Å². The Balaban J connectivity index is 1.67. The van der Waals surface area contributed by atoms with Crippen molar-refractivity contribution in [3.05, 3.63) is 35.4 Å². The van der Waals surface area contributed by atoms with E-state index in [4.69, 9.17) is 16.2 Å². The van der Waals surface area contributed by atoms with Crippen LogP contribution >= 0.6 is 0 Å². The van der Waals surface area contributed by atoms with Crippen molar-refractivity contribution in [1.29, 1.82) is 0 Å².